The molecule has 0 amide bonds. The van der Waals surface area contributed by atoms with Crippen molar-refractivity contribution in [1.82, 2.24) is 0 Å². The maximum atomic E-state index is 13.2. The first kappa shape index (κ1) is 11.7. The van der Waals surface area contributed by atoms with Gasteiger partial charge in [-0.2, -0.15) is 0 Å². The zero-order valence-corrected chi connectivity index (χ0v) is 9.43. The van der Waals surface area contributed by atoms with Crippen molar-refractivity contribution >= 4 is 28.7 Å². The van der Waals surface area contributed by atoms with Crippen molar-refractivity contribution in [1.29, 1.82) is 0 Å². The van der Waals surface area contributed by atoms with E-state index in [-0.39, 0.29) is 10.7 Å². The molecule has 0 aliphatic carbocycles. The van der Waals surface area contributed by atoms with Crippen LogP contribution in [-0.4, -0.2) is 0 Å². The van der Waals surface area contributed by atoms with E-state index in [0.717, 1.165) is 0 Å². The third kappa shape index (κ3) is 2.47. The van der Waals surface area contributed by atoms with Gasteiger partial charge in [-0.25, -0.2) is 8.78 Å². The molecule has 0 saturated carbocycles. The van der Waals surface area contributed by atoms with Gasteiger partial charge in [0.15, 0.2) is 0 Å². The van der Waals surface area contributed by atoms with Gasteiger partial charge in [0.05, 0.1) is 22.1 Å². The minimum absolute atomic E-state index is 0.00658. The van der Waals surface area contributed by atoms with Crippen LogP contribution in [0.3, 0.4) is 0 Å². The highest BCUT2D eigenvalue weighted by Crippen LogP contribution is 2.29. The van der Waals surface area contributed by atoms with E-state index in [0.29, 0.717) is 11.4 Å². The predicted molar refractivity (Wildman–Crippen MR) is 65.5 cm³/mol. The van der Waals surface area contributed by atoms with Crippen LogP contribution in [0.15, 0.2) is 36.4 Å². The Hall–Kier alpha value is -1.81. The minimum Gasteiger partial charge on any atom is -0.395 e. The number of nitrogens with one attached hydrogen (secondary N) is 1. The summed E-state index contributed by atoms with van der Waals surface area (Å²) >= 11 is 5.83. The zero-order valence-electron chi connectivity index (χ0n) is 8.68. The van der Waals surface area contributed by atoms with E-state index in [1.54, 1.807) is 6.07 Å². The van der Waals surface area contributed by atoms with Gasteiger partial charge in [-0.3, -0.25) is 0 Å². The Kier molecular flexibility index (Phi) is 3.15. The Balaban J connectivity index is 2.35. The maximum Gasteiger partial charge on any atom is 0.148 e. The highest BCUT2D eigenvalue weighted by molar-refractivity contribution is 6.33. The summed E-state index contributed by atoms with van der Waals surface area (Å²) in [7, 11) is 0. The lowest BCUT2D eigenvalue weighted by Gasteiger charge is -2.11. The maximum absolute atomic E-state index is 13.2. The number of hydrogen-bond donors (Lipinski definition) is 2. The minimum atomic E-state index is -0.520. The summed E-state index contributed by atoms with van der Waals surface area (Å²) in [5.74, 6) is -0.957. The van der Waals surface area contributed by atoms with Crippen LogP contribution in [0.25, 0.3) is 0 Å². The second-order valence-electron chi connectivity index (χ2n) is 3.45. The summed E-state index contributed by atoms with van der Waals surface area (Å²) in [6, 6.07) is 8.27. The molecule has 5 heteroatoms. The average Bonchev–Trinajstić information content (AvgIpc) is 2.28. The molecule has 17 heavy (non-hydrogen) atoms. The third-order valence-corrected chi connectivity index (χ3v) is 2.57. The van der Waals surface area contributed by atoms with Gasteiger partial charge in [0, 0.05) is 0 Å². The number of benzene rings is 2. The van der Waals surface area contributed by atoms with E-state index < -0.39 is 11.6 Å². The van der Waals surface area contributed by atoms with Gasteiger partial charge in [-0.15, -0.1) is 0 Å². The van der Waals surface area contributed by atoms with E-state index in [1.165, 1.54) is 30.3 Å². The van der Waals surface area contributed by atoms with Gasteiger partial charge in [-0.1, -0.05) is 17.7 Å². The number of hydrogen-bond acceptors (Lipinski definition) is 2. The van der Waals surface area contributed by atoms with Crippen molar-refractivity contribution in [2.75, 3.05) is 11.1 Å². The van der Waals surface area contributed by atoms with Crippen molar-refractivity contribution in [2.24, 2.45) is 0 Å². The first-order valence-corrected chi connectivity index (χ1v) is 5.22. The molecule has 0 aromatic heterocycles. The first-order chi connectivity index (χ1) is 8.08. The number of nitrogens with two attached hydrogens (primary N) is 1. The van der Waals surface area contributed by atoms with Gasteiger partial charge >= 0.3 is 0 Å². The van der Waals surface area contributed by atoms with E-state index in [2.05, 4.69) is 5.32 Å². The van der Waals surface area contributed by atoms with Gasteiger partial charge in [-0.05, 0) is 30.3 Å². The summed E-state index contributed by atoms with van der Waals surface area (Å²) in [4.78, 5) is 0. The number of para-hydroxylation sites is 1. The van der Waals surface area contributed by atoms with E-state index in [4.69, 9.17) is 17.3 Å². The fourth-order valence-corrected chi connectivity index (χ4v) is 1.60. The molecule has 0 heterocycles. The second kappa shape index (κ2) is 4.59. The molecule has 0 saturated heterocycles. The van der Waals surface area contributed by atoms with Gasteiger partial charge in [0.2, 0.25) is 0 Å². The molecule has 0 spiro atoms. The molecule has 0 aliphatic heterocycles. The van der Waals surface area contributed by atoms with Crippen molar-refractivity contribution in [3.05, 3.63) is 53.1 Å². The molecule has 2 aromatic rings. The molecule has 0 bridgehead atoms. The van der Waals surface area contributed by atoms with E-state index in [1.807, 2.05) is 0 Å². The molecule has 2 nitrogen and oxygen atoms in total. The van der Waals surface area contributed by atoms with Gasteiger partial charge in [0.25, 0.3) is 0 Å². The summed E-state index contributed by atoms with van der Waals surface area (Å²) in [6.07, 6.45) is 0. The highest BCUT2D eigenvalue weighted by Gasteiger charge is 2.07. The molecule has 0 radical (unpaired) electrons. The fraction of sp³-hybridized carbons (Fsp3) is 0. The number of anilines is 3. The molecule has 0 unspecified atom stereocenters. The molecule has 88 valence electrons. The number of nitrogen functional groups attached to an aromatic ring is 1. The molecule has 0 fully saturated rings. The molecule has 3 N–H and O–H groups in total. The smallest absolute Gasteiger partial charge is 0.148 e. The zero-order chi connectivity index (χ0) is 12.4. The average molecular weight is 255 g/mol. The third-order valence-electron chi connectivity index (χ3n) is 2.25. The SMILES string of the molecule is Nc1c(F)cccc1Nc1ccc(F)cc1Cl. The molecule has 0 aliphatic rings. The predicted octanol–water partition coefficient (Wildman–Crippen LogP) is 3.94. The largest absolute Gasteiger partial charge is 0.395 e. The Morgan fingerprint density at radius 3 is 2.53 bits per heavy atom. The van der Waals surface area contributed by atoms with Crippen LogP contribution in [0.5, 0.6) is 0 Å². The highest BCUT2D eigenvalue weighted by atomic mass is 35.5. The van der Waals surface area contributed by atoms with Gasteiger partial charge < -0.3 is 11.1 Å². The lowest BCUT2D eigenvalue weighted by molar-refractivity contribution is 0.628. The van der Waals surface area contributed by atoms with Crippen LogP contribution >= 0.6 is 11.6 Å². The quantitative estimate of drug-likeness (QED) is 0.797. The summed E-state index contributed by atoms with van der Waals surface area (Å²) in [5, 5.41) is 3.05. The Labute approximate surface area is 102 Å². The molecule has 0 atom stereocenters. The Bertz CT molecular complexity index is 558. The van der Waals surface area contributed by atoms with E-state index in [9.17, 15) is 8.78 Å². The lowest BCUT2D eigenvalue weighted by atomic mass is 10.2. The standard InChI is InChI=1S/C12H9ClF2N2/c13-8-6-7(14)4-5-10(8)17-11-3-1-2-9(15)12(11)16/h1-6,17H,16H2. The topological polar surface area (TPSA) is 38.0 Å². The van der Waals surface area contributed by atoms with Crippen LogP contribution in [0, 0.1) is 11.6 Å². The summed E-state index contributed by atoms with van der Waals surface area (Å²) in [6.45, 7) is 0. The van der Waals surface area contributed by atoms with Crippen LogP contribution < -0.4 is 11.1 Å². The molecular formula is C12H9ClF2N2. The number of rotatable bonds is 2. The normalized spacial score (nSPS) is 10.3. The summed E-state index contributed by atoms with van der Waals surface area (Å²) < 4.78 is 26.0. The monoisotopic (exact) mass is 254 g/mol. The Morgan fingerprint density at radius 1 is 1.06 bits per heavy atom. The molecular weight excluding hydrogens is 246 g/mol. The second-order valence-corrected chi connectivity index (χ2v) is 3.86. The van der Waals surface area contributed by atoms with Crippen LogP contribution in [0.1, 0.15) is 0 Å². The van der Waals surface area contributed by atoms with Crippen molar-refractivity contribution in [3.8, 4) is 0 Å². The van der Waals surface area contributed by atoms with Crippen molar-refractivity contribution in [3.63, 3.8) is 0 Å². The Morgan fingerprint density at radius 2 is 1.82 bits per heavy atom. The van der Waals surface area contributed by atoms with Crippen LogP contribution in [0.4, 0.5) is 25.8 Å². The van der Waals surface area contributed by atoms with E-state index >= 15 is 0 Å². The molecule has 2 aromatic carbocycles. The van der Waals surface area contributed by atoms with Crippen LogP contribution in [-0.2, 0) is 0 Å². The van der Waals surface area contributed by atoms with Gasteiger partial charge in [0.1, 0.15) is 11.6 Å². The first-order valence-electron chi connectivity index (χ1n) is 4.84. The fourth-order valence-electron chi connectivity index (χ4n) is 1.38. The lowest BCUT2D eigenvalue weighted by Crippen LogP contribution is -1.99. The van der Waals surface area contributed by atoms with Crippen molar-refractivity contribution < 1.29 is 8.78 Å². The molecule has 2 rings (SSSR count). The van der Waals surface area contributed by atoms with Crippen molar-refractivity contribution in [2.45, 2.75) is 0 Å². The number of halogens is 3. The summed E-state index contributed by atoms with van der Waals surface area (Å²) in [5.41, 5.74) is 6.40. The van der Waals surface area contributed by atoms with Crippen LogP contribution in [0.2, 0.25) is 5.02 Å².